The molecule has 186 valence electrons. The molecule has 6 nitrogen and oxygen atoms in total. The Balaban J connectivity index is 1.81. The molecule has 0 amide bonds. The van der Waals surface area contributed by atoms with Gasteiger partial charge in [0, 0.05) is 35.4 Å². The molecule has 0 unspecified atom stereocenters. The van der Waals surface area contributed by atoms with Crippen molar-refractivity contribution in [1.29, 1.82) is 0 Å². The summed E-state index contributed by atoms with van der Waals surface area (Å²) in [6, 6.07) is 13.9. The first-order valence-corrected chi connectivity index (χ1v) is 12.9. The highest BCUT2D eigenvalue weighted by atomic mass is 32.1. The quantitative estimate of drug-likeness (QED) is 0.317. The van der Waals surface area contributed by atoms with Gasteiger partial charge in [0.15, 0.2) is 5.82 Å². The van der Waals surface area contributed by atoms with Gasteiger partial charge in [0.05, 0.1) is 10.3 Å². The maximum atomic E-state index is 10.3. The minimum Gasteiger partial charge on any atom is -0.378 e. The normalized spacial score (nSPS) is 12.8. The van der Waals surface area contributed by atoms with Gasteiger partial charge < -0.3 is 16.2 Å². The van der Waals surface area contributed by atoms with E-state index in [1.807, 2.05) is 30.3 Å². The second kappa shape index (κ2) is 10.4. The molecule has 0 aliphatic carbocycles. The number of rotatable bonds is 6. The van der Waals surface area contributed by atoms with Crippen molar-refractivity contribution < 1.29 is 5.11 Å². The number of hydrogen-bond acceptors (Lipinski definition) is 7. The number of hydrogen-bond donors (Lipinski definition) is 3. The smallest absolute Gasteiger partial charge is 0.162 e. The molecule has 0 bridgehead atoms. The number of anilines is 1. The van der Waals surface area contributed by atoms with Gasteiger partial charge in [-0.3, -0.25) is 4.98 Å². The van der Waals surface area contributed by atoms with Crippen LogP contribution in [0.2, 0.25) is 0 Å². The molecule has 0 fully saturated rings. The molecule has 0 saturated carbocycles. The fraction of sp³-hybridized carbons (Fsp3) is 0.345. The average Bonchev–Trinajstić information content (AvgIpc) is 3.21. The minimum atomic E-state index is -1.12. The van der Waals surface area contributed by atoms with Gasteiger partial charge in [-0.15, -0.1) is 11.3 Å². The van der Waals surface area contributed by atoms with Crippen LogP contribution in [0.25, 0.3) is 21.6 Å². The van der Waals surface area contributed by atoms with Gasteiger partial charge >= 0.3 is 0 Å². The fourth-order valence-corrected chi connectivity index (χ4v) is 5.02. The SMILES string of the molecule is CC(C)(O)C#Cc1c(C(C)(C)C)sc2c(NC[C@@H](N)Cc3ccccc3)nc(-c3ccncc3)nc12. The van der Waals surface area contributed by atoms with Crippen molar-refractivity contribution in [3.8, 4) is 23.2 Å². The second-order valence-electron chi connectivity index (χ2n) is 10.5. The number of aromatic nitrogens is 3. The number of benzene rings is 1. The summed E-state index contributed by atoms with van der Waals surface area (Å²) in [6.07, 6.45) is 4.23. The average molecular weight is 500 g/mol. The topological polar surface area (TPSA) is 97.0 Å². The molecule has 3 aromatic heterocycles. The molecule has 4 aromatic rings. The van der Waals surface area contributed by atoms with Crippen molar-refractivity contribution >= 4 is 27.4 Å². The lowest BCUT2D eigenvalue weighted by Gasteiger charge is -2.17. The third-order valence-corrected chi connectivity index (χ3v) is 7.13. The van der Waals surface area contributed by atoms with Crippen LogP contribution >= 0.6 is 11.3 Å². The highest BCUT2D eigenvalue weighted by molar-refractivity contribution is 7.20. The molecule has 36 heavy (non-hydrogen) atoms. The van der Waals surface area contributed by atoms with E-state index in [0.717, 1.165) is 38.5 Å². The number of fused-ring (bicyclic) bond motifs is 1. The molecule has 0 saturated heterocycles. The zero-order chi connectivity index (χ0) is 25.9. The minimum absolute atomic E-state index is 0.0849. The van der Waals surface area contributed by atoms with Gasteiger partial charge in [-0.25, -0.2) is 9.97 Å². The van der Waals surface area contributed by atoms with Crippen molar-refractivity contribution in [3.63, 3.8) is 0 Å². The van der Waals surface area contributed by atoms with Crippen LogP contribution in [0.1, 0.15) is 50.6 Å². The highest BCUT2D eigenvalue weighted by Crippen LogP contribution is 2.41. The molecule has 4 N–H and O–H groups in total. The second-order valence-corrected chi connectivity index (χ2v) is 11.5. The third kappa shape index (κ3) is 6.27. The molecule has 1 atom stereocenters. The monoisotopic (exact) mass is 499 g/mol. The molecule has 7 heteroatoms. The summed E-state index contributed by atoms with van der Waals surface area (Å²) in [4.78, 5) is 15.1. The third-order valence-electron chi connectivity index (χ3n) is 5.52. The van der Waals surface area contributed by atoms with E-state index >= 15 is 0 Å². The van der Waals surface area contributed by atoms with E-state index in [0.29, 0.717) is 12.4 Å². The predicted molar refractivity (Wildman–Crippen MR) is 149 cm³/mol. The molecule has 0 spiro atoms. The zero-order valence-corrected chi connectivity index (χ0v) is 22.3. The van der Waals surface area contributed by atoms with Gasteiger partial charge in [0.2, 0.25) is 0 Å². The maximum absolute atomic E-state index is 10.3. The summed E-state index contributed by atoms with van der Waals surface area (Å²) in [5.41, 5.74) is 8.89. The molecular weight excluding hydrogens is 466 g/mol. The van der Waals surface area contributed by atoms with Crippen LogP contribution in [0.3, 0.4) is 0 Å². The van der Waals surface area contributed by atoms with E-state index in [1.165, 1.54) is 5.56 Å². The summed E-state index contributed by atoms with van der Waals surface area (Å²) in [5.74, 6) is 7.56. The van der Waals surface area contributed by atoms with Gasteiger partial charge in [-0.1, -0.05) is 62.9 Å². The van der Waals surface area contributed by atoms with Crippen LogP contribution in [0.15, 0.2) is 54.9 Å². The van der Waals surface area contributed by atoms with Crippen LogP contribution in [0, 0.1) is 11.8 Å². The number of nitrogens with zero attached hydrogens (tertiary/aromatic N) is 3. The van der Waals surface area contributed by atoms with Gasteiger partial charge in [-0.2, -0.15) is 0 Å². The Labute approximate surface area is 217 Å². The lowest BCUT2D eigenvalue weighted by atomic mass is 9.91. The van der Waals surface area contributed by atoms with E-state index in [4.69, 9.17) is 15.7 Å². The Morgan fingerprint density at radius 1 is 1.03 bits per heavy atom. The number of nitrogens with two attached hydrogens (primary N) is 1. The maximum Gasteiger partial charge on any atom is 0.162 e. The molecule has 4 rings (SSSR count). The number of nitrogens with one attached hydrogen (secondary N) is 1. The standard InChI is InChI=1S/C29H33N5OS/c1-28(2,3)25-22(11-14-29(4,5)35)23-24(36-25)27(34-26(33-23)20-12-15-31-16-13-20)32-18-21(30)17-19-9-7-6-8-10-19/h6-10,12-13,15-16,21,35H,17-18,30H2,1-5H3,(H,32,33,34)/t21-/m0/s1. The van der Waals surface area contributed by atoms with Crippen LogP contribution in [0.5, 0.6) is 0 Å². The molecule has 0 aliphatic rings. The van der Waals surface area contributed by atoms with Crippen LogP contribution in [0.4, 0.5) is 5.82 Å². The summed E-state index contributed by atoms with van der Waals surface area (Å²) in [7, 11) is 0. The van der Waals surface area contributed by atoms with Gasteiger partial charge in [0.1, 0.15) is 16.9 Å². The van der Waals surface area contributed by atoms with Crippen LogP contribution < -0.4 is 11.1 Å². The predicted octanol–water partition coefficient (Wildman–Crippen LogP) is 5.16. The lowest BCUT2D eigenvalue weighted by Crippen LogP contribution is -2.31. The molecule has 0 aliphatic heterocycles. The Hall–Kier alpha value is -3.31. The summed E-state index contributed by atoms with van der Waals surface area (Å²) < 4.78 is 0.935. The van der Waals surface area contributed by atoms with Crippen molar-refractivity contribution in [2.24, 2.45) is 5.73 Å². The first-order valence-electron chi connectivity index (χ1n) is 12.1. The largest absolute Gasteiger partial charge is 0.378 e. The fourth-order valence-electron chi connectivity index (χ4n) is 3.80. The highest BCUT2D eigenvalue weighted by Gasteiger charge is 2.26. The van der Waals surface area contributed by atoms with E-state index < -0.39 is 5.60 Å². The first kappa shape index (κ1) is 25.8. The van der Waals surface area contributed by atoms with E-state index in [-0.39, 0.29) is 11.5 Å². The molecule has 1 aromatic carbocycles. The van der Waals surface area contributed by atoms with Crippen molar-refractivity contribution in [2.45, 2.75) is 58.1 Å². The number of thiophene rings is 1. The molecular formula is C29H33N5OS. The summed E-state index contributed by atoms with van der Waals surface area (Å²) in [5, 5.41) is 13.8. The summed E-state index contributed by atoms with van der Waals surface area (Å²) in [6.45, 7) is 10.4. The van der Waals surface area contributed by atoms with Crippen molar-refractivity contribution in [3.05, 3.63) is 70.9 Å². The number of aliphatic hydroxyl groups is 1. The zero-order valence-electron chi connectivity index (χ0n) is 21.5. The number of pyridine rings is 1. The van der Waals surface area contributed by atoms with Crippen LogP contribution in [-0.2, 0) is 11.8 Å². The van der Waals surface area contributed by atoms with E-state index in [1.54, 1.807) is 37.6 Å². The Kier molecular flexibility index (Phi) is 7.41. The molecule has 0 radical (unpaired) electrons. The van der Waals surface area contributed by atoms with Gasteiger partial charge in [0.25, 0.3) is 0 Å². The first-order chi connectivity index (χ1) is 17.0. The van der Waals surface area contributed by atoms with E-state index in [2.05, 4.69) is 55.0 Å². The van der Waals surface area contributed by atoms with E-state index in [9.17, 15) is 5.11 Å². The summed E-state index contributed by atoms with van der Waals surface area (Å²) >= 11 is 1.64. The van der Waals surface area contributed by atoms with Gasteiger partial charge in [-0.05, 0) is 43.4 Å². The van der Waals surface area contributed by atoms with Crippen LogP contribution in [-0.4, -0.2) is 38.2 Å². The van der Waals surface area contributed by atoms with Crippen molar-refractivity contribution in [2.75, 3.05) is 11.9 Å². The molecule has 3 heterocycles. The van der Waals surface area contributed by atoms with Crippen molar-refractivity contribution in [1.82, 2.24) is 15.0 Å². The lowest BCUT2D eigenvalue weighted by molar-refractivity contribution is 0.143. The Bertz CT molecular complexity index is 1390. The Morgan fingerprint density at radius 2 is 1.72 bits per heavy atom. The Morgan fingerprint density at radius 3 is 2.36 bits per heavy atom.